The largest absolute Gasteiger partial charge is 0.386 e. The fourth-order valence-corrected chi connectivity index (χ4v) is 4.39. The molecule has 1 aliphatic heterocycles. The van der Waals surface area contributed by atoms with E-state index < -0.39 is 5.60 Å². The average molecular weight is 597 g/mol. The van der Waals surface area contributed by atoms with Gasteiger partial charge in [0.2, 0.25) is 0 Å². The van der Waals surface area contributed by atoms with Crippen molar-refractivity contribution in [1.82, 2.24) is 4.90 Å². The fraction of sp³-hybridized carbons (Fsp3) is 0.462. The van der Waals surface area contributed by atoms with Gasteiger partial charge < -0.3 is 10.0 Å². The Hall–Kier alpha value is 0.840. The second kappa shape index (κ2) is 5.91. The zero-order valence-electron chi connectivity index (χ0n) is 10.6. The summed E-state index contributed by atoms with van der Waals surface area (Å²) in [4.78, 5) is 14.2. The minimum absolute atomic E-state index is 0.0196. The second-order valence-electron chi connectivity index (χ2n) is 5.17. The Bertz CT molecular complexity index is 525. The normalized spacial score (nSPS) is 17.5. The van der Waals surface area contributed by atoms with Crippen LogP contribution in [0.3, 0.4) is 0 Å². The molecule has 1 aromatic carbocycles. The number of aliphatic hydroxyl groups is 1. The highest BCUT2D eigenvalue weighted by Crippen LogP contribution is 2.31. The molecule has 0 radical (unpaired) electrons. The van der Waals surface area contributed by atoms with Crippen molar-refractivity contribution in [2.45, 2.75) is 19.4 Å². The number of hydrogen-bond acceptors (Lipinski definition) is 2. The van der Waals surface area contributed by atoms with E-state index in [9.17, 15) is 9.90 Å². The van der Waals surface area contributed by atoms with Crippen molar-refractivity contribution in [3.05, 3.63) is 28.4 Å². The Balaban J connectivity index is 2.19. The van der Waals surface area contributed by atoms with Gasteiger partial charge in [-0.05, 0) is 85.8 Å². The Morgan fingerprint density at radius 1 is 1.32 bits per heavy atom. The summed E-state index contributed by atoms with van der Waals surface area (Å²) in [7, 11) is 0. The molecule has 0 unspecified atom stereocenters. The van der Waals surface area contributed by atoms with Crippen molar-refractivity contribution in [2.75, 3.05) is 13.1 Å². The molecular formula is C13H14I3NO2. The standard InChI is InChI=1S/C13H14I3NO2/c1-7(2)13(19)5-17(6-13)12(18)9-3-8(14)4-10(15)11(9)16/h3-4,7,19H,5-6H2,1-2H3. The molecule has 2 rings (SSSR count). The monoisotopic (exact) mass is 597 g/mol. The molecule has 0 aromatic heterocycles. The third-order valence-electron chi connectivity index (χ3n) is 3.51. The summed E-state index contributed by atoms with van der Waals surface area (Å²) in [5.74, 6) is 0.192. The lowest BCUT2D eigenvalue weighted by molar-refractivity contribution is -0.110. The van der Waals surface area contributed by atoms with Gasteiger partial charge in [0.1, 0.15) is 5.60 Å². The average Bonchev–Trinajstić information content (AvgIpc) is 2.28. The van der Waals surface area contributed by atoms with Crippen LogP contribution in [0.15, 0.2) is 12.1 Å². The molecule has 104 valence electrons. The predicted molar refractivity (Wildman–Crippen MR) is 100 cm³/mol. The molecule has 0 aliphatic carbocycles. The molecule has 1 N–H and O–H groups in total. The summed E-state index contributed by atoms with van der Waals surface area (Å²) in [6.07, 6.45) is 0. The summed E-state index contributed by atoms with van der Waals surface area (Å²) in [5.41, 5.74) is 0.0265. The highest BCUT2D eigenvalue weighted by molar-refractivity contribution is 14.1. The first-order chi connectivity index (χ1) is 8.74. The number of carbonyl (C=O) groups is 1. The molecule has 0 saturated carbocycles. The minimum atomic E-state index is -0.712. The van der Waals surface area contributed by atoms with Gasteiger partial charge in [0.25, 0.3) is 5.91 Å². The molecule has 3 nitrogen and oxygen atoms in total. The van der Waals surface area contributed by atoms with Gasteiger partial charge in [0.05, 0.1) is 18.7 Å². The first kappa shape index (κ1) is 16.2. The molecule has 1 aromatic rings. The number of rotatable bonds is 2. The van der Waals surface area contributed by atoms with E-state index in [4.69, 9.17) is 0 Å². The van der Waals surface area contributed by atoms with Crippen LogP contribution < -0.4 is 0 Å². The van der Waals surface area contributed by atoms with E-state index in [0.717, 1.165) is 16.3 Å². The third kappa shape index (κ3) is 3.20. The highest BCUT2D eigenvalue weighted by Gasteiger charge is 2.46. The van der Waals surface area contributed by atoms with Crippen LogP contribution in [-0.2, 0) is 0 Å². The maximum atomic E-state index is 12.5. The molecule has 1 aliphatic rings. The maximum Gasteiger partial charge on any atom is 0.255 e. The topological polar surface area (TPSA) is 40.5 Å². The van der Waals surface area contributed by atoms with Crippen molar-refractivity contribution in [1.29, 1.82) is 0 Å². The zero-order valence-corrected chi connectivity index (χ0v) is 17.1. The summed E-state index contributed by atoms with van der Waals surface area (Å²) >= 11 is 6.68. The van der Waals surface area contributed by atoms with Crippen molar-refractivity contribution in [3.63, 3.8) is 0 Å². The molecule has 1 amide bonds. The van der Waals surface area contributed by atoms with Crippen LogP contribution >= 0.6 is 67.8 Å². The Labute approximate surface area is 153 Å². The van der Waals surface area contributed by atoms with Crippen molar-refractivity contribution < 1.29 is 9.90 Å². The van der Waals surface area contributed by atoms with Gasteiger partial charge in [-0.15, -0.1) is 0 Å². The van der Waals surface area contributed by atoms with Crippen molar-refractivity contribution >= 4 is 73.7 Å². The van der Waals surface area contributed by atoms with Crippen LogP contribution in [0, 0.1) is 16.6 Å². The van der Waals surface area contributed by atoms with Crippen LogP contribution in [0.1, 0.15) is 24.2 Å². The molecule has 19 heavy (non-hydrogen) atoms. The van der Waals surface area contributed by atoms with Gasteiger partial charge in [-0.3, -0.25) is 4.79 Å². The van der Waals surface area contributed by atoms with E-state index in [1.54, 1.807) is 4.90 Å². The third-order valence-corrected chi connectivity index (χ3v) is 7.18. The first-order valence-corrected chi connectivity index (χ1v) is 9.14. The number of carbonyl (C=O) groups excluding carboxylic acids is 1. The van der Waals surface area contributed by atoms with Crippen LogP contribution in [0.2, 0.25) is 0 Å². The zero-order chi connectivity index (χ0) is 14.4. The number of amides is 1. The van der Waals surface area contributed by atoms with Crippen LogP contribution in [0.4, 0.5) is 0 Å². The first-order valence-electron chi connectivity index (χ1n) is 5.91. The maximum absolute atomic E-state index is 12.5. The van der Waals surface area contributed by atoms with Crippen molar-refractivity contribution in [3.8, 4) is 0 Å². The van der Waals surface area contributed by atoms with E-state index in [1.807, 2.05) is 19.9 Å². The summed E-state index contributed by atoms with van der Waals surface area (Å²) in [5, 5.41) is 10.2. The van der Waals surface area contributed by atoms with Crippen molar-refractivity contribution in [2.24, 2.45) is 5.92 Å². The summed E-state index contributed by atoms with van der Waals surface area (Å²) < 4.78 is 3.14. The Morgan fingerprint density at radius 3 is 2.42 bits per heavy atom. The SMILES string of the molecule is CC(C)C1(O)CN(C(=O)c2cc(I)cc(I)c2I)C1. The van der Waals surface area contributed by atoms with Gasteiger partial charge >= 0.3 is 0 Å². The van der Waals surface area contributed by atoms with Gasteiger partial charge in [-0.1, -0.05) is 13.8 Å². The number of hydrogen-bond donors (Lipinski definition) is 1. The Morgan fingerprint density at radius 2 is 1.89 bits per heavy atom. The lowest BCUT2D eigenvalue weighted by Gasteiger charge is -2.49. The second-order valence-corrected chi connectivity index (χ2v) is 8.66. The molecule has 0 spiro atoms. The van der Waals surface area contributed by atoms with E-state index >= 15 is 0 Å². The predicted octanol–water partition coefficient (Wildman–Crippen LogP) is 3.34. The quantitative estimate of drug-likeness (QED) is 0.421. The highest BCUT2D eigenvalue weighted by atomic mass is 127. The van der Waals surface area contributed by atoms with Gasteiger partial charge in [0, 0.05) is 10.7 Å². The smallest absolute Gasteiger partial charge is 0.255 e. The number of benzene rings is 1. The molecule has 6 heteroatoms. The number of halogens is 3. The molecular weight excluding hydrogens is 583 g/mol. The van der Waals surface area contributed by atoms with Gasteiger partial charge in [-0.25, -0.2) is 0 Å². The van der Waals surface area contributed by atoms with E-state index in [1.165, 1.54) is 0 Å². The van der Waals surface area contributed by atoms with E-state index in [0.29, 0.717) is 13.1 Å². The molecule has 0 atom stereocenters. The van der Waals surface area contributed by atoms with E-state index in [-0.39, 0.29) is 11.8 Å². The fourth-order valence-electron chi connectivity index (χ4n) is 2.01. The number of likely N-dealkylation sites (tertiary alicyclic amines) is 1. The number of β-amino-alcohol motifs (C(OH)–C–C–N with tert-alkyl or cyclic N) is 1. The molecule has 1 fully saturated rings. The van der Waals surface area contributed by atoms with Crippen LogP contribution in [0.5, 0.6) is 0 Å². The lowest BCUT2D eigenvalue weighted by Crippen LogP contribution is -2.66. The van der Waals surface area contributed by atoms with Gasteiger partial charge in [0.15, 0.2) is 0 Å². The van der Waals surface area contributed by atoms with E-state index in [2.05, 4.69) is 73.8 Å². The number of nitrogens with zero attached hydrogens (tertiary/aromatic N) is 1. The molecule has 1 saturated heterocycles. The lowest BCUT2D eigenvalue weighted by atomic mass is 9.82. The minimum Gasteiger partial charge on any atom is -0.386 e. The molecule has 0 bridgehead atoms. The Kier molecular flexibility index (Phi) is 5.05. The van der Waals surface area contributed by atoms with Crippen LogP contribution in [-0.4, -0.2) is 34.6 Å². The summed E-state index contributed by atoms with van der Waals surface area (Å²) in [6.45, 7) is 4.84. The molecule has 1 heterocycles. The van der Waals surface area contributed by atoms with Gasteiger partial charge in [-0.2, -0.15) is 0 Å². The van der Waals surface area contributed by atoms with Crippen LogP contribution in [0.25, 0.3) is 0 Å². The summed E-state index contributed by atoms with van der Waals surface area (Å²) in [6, 6.07) is 3.97.